The highest BCUT2D eigenvalue weighted by molar-refractivity contribution is 6.00. The number of carbonyl (C=O) groups is 3. The number of fused-ring (bicyclic) bond motifs is 5. The van der Waals surface area contributed by atoms with Gasteiger partial charge in [-0.1, -0.05) is 89.6 Å². The van der Waals surface area contributed by atoms with Gasteiger partial charge in [0, 0.05) is 30.5 Å². The van der Waals surface area contributed by atoms with Gasteiger partial charge in [0.1, 0.15) is 23.7 Å². The zero-order valence-electron chi connectivity index (χ0n) is 37.0. The molecule has 11 nitrogen and oxygen atoms in total. The third-order valence-corrected chi connectivity index (χ3v) is 13.0. The minimum absolute atomic E-state index is 0.167. The summed E-state index contributed by atoms with van der Waals surface area (Å²) in [7, 11) is 2.00. The van der Waals surface area contributed by atoms with Gasteiger partial charge < -0.3 is 34.1 Å². The lowest BCUT2D eigenvalue weighted by Gasteiger charge is -2.48. The number of amides is 1. The molecule has 3 aliphatic heterocycles. The van der Waals surface area contributed by atoms with Crippen molar-refractivity contribution >= 4 is 29.4 Å². The maximum Gasteiger partial charge on any atom is 0.316 e. The van der Waals surface area contributed by atoms with Crippen molar-refractivity contribution in [1.29, 1.82) is 0 Å². The minimum atomic E-state index is -1.56. The summed E-state index contributed by atoms with van der Waals surface area (Å²) in [6, 6.07) is 9.73. The Hall–Kier alpha value is -3.06. The molecular formula is C47H72N2O9. The highest BCUT2D eigenvalue weighted by atomic mass is 16.7. The van der Waals surface area contributed by atoms with E-state index < -0.39 is 71.2 Å². The number of aliphatic hydroxyl groups is 2. The number of aliphatic imine (C=N–C) groups is 1. The second-order valence-corrected chi connectivity index (χ2v) is 17.8. The summed E-state index contributed by atoms with van der Waals surface area (Å²) in [5.41, 5.74) is -0.232. The Balaban J connectivity index is 1.95. The Bertz CT molecular complexity index is 1620. The molecule has 1 aromatic carbocycles. The fraction of sp³-hybridized carbons (Fsp3) is 0.702. The molecule has 324 valence electrons. The average molecular weight is 809 g/mol. The van der Waals surface area contributed by atoms with E-state index in [9.17, 15) is 24.6 Å². The van der Waals surface area contributed by atoms with Crippen molar-refractivity contribution in [2.24, 2.45) is 34.6 Å². The van der Waals surface area contributed by atoms with Crippen LogP contribution in [0, 0.1) is 29.6 Å². The molecule has 11 heteroatoms. The summed E-state index contributed by atoms with van der Waals surface area (Å²) in [4.78, 5) is 48.2. The van der Waals surface area contributed by atoms with Crippen LogP contribution in [0.4, 0.5) is 0 Å². The number of cyclic esters (lactones) is 1. The first kappa shape index (κ1) is 47.6. The van der Waals surface area contributed by atoms with E-state index in [2.05, 4.69) is 16.8 Å². The fourth-order valence-corrected chi connectivity index (χ4v) is 9.57. The Labute approximate surface area is 347 Å². The van der Waals surface area contributed by atoms with E-state index in [1.165, 1.54) is 13.8 Å². The maximum atomic E-state index is 14.6. The molecule has 1 aromatic rings. The van der Waals surface area contributed by atoms with Gasteiger partial charge in [-0.2, -0.15) is 0 Å². The van der Waals surface area contributed by atoms with E-state index in [-0.39, 0.29) is 37.0 Å². The molecule has 58 heavy (non-hydrogen) atoms. The number of ether oxygens (including phenoxy) is 4. The predicted molar refractivity (Wildman–Crippen MR) is 227 cm³/mol. The van der Waals surface area contributed by atoms with Crippen molar-refractivity contribution < 1.29 is 43.5 Å². The molecule has 0 saturated carbocycles. The van der Waals surface area contributed by atoms with Crippen LogP contribution in [0.15, 0.2) is 53.0 Å². The number of unbranched alkanes of at least 4 members (excludes halogenated alkanes) is 1. The number of likely N-dealkylation sites (N-methyl/N-ethyl adjacent to an activating group) is 1. The predicted octanol–water partition coefficient (Wildman–Crippen LogP) is 7.37. The zero-order valence-corrected chi connectivity index (χ0v) is 37.0. The monoisotopic (exact) mass is 809 g/mol. The molecule has 1 amide bonds. The van der Waals surface area contributed by atoms with Gasteiger partial charge in [-0.3, -0.25) is 14.4 Å². The highest BCUT2D eigenvalue weighted by Crippen LogP contribution is 2.43. The van der Waals surface area contributed by atoms with Crippen LogP contribution in [-0.4, -0.2) is 107 Å². The first-order chi connectivity index (χ1) is 27.3. The van der Waals surface area contributed by atoms with Crippen molar-refractivity contribution in [2.45, 2.75) is 162 Å². The summed E-state index contributed by atoms with van der Waals surface area (Å²) in [6.45, 7) is 19.2. The molecule has 13 atom stereocenters. The molecule has 3 heterocycles. The van der Waals surface area contributed by atoms with Crippen molar-refractivity contribution in [3.63, 3.8) is 0 Å². The lowest BCUT2D eigenvalue weighted by Crippen LogP contribution is -2.60. The van der Waals surface area contributed by atoms with Gasteiger partial charge in [0.25, 0.3) is 0 Å². The number of rotatable bonds is 9. The van der Waals surface area contributed by atoms with Crippen LogP contribution in [0.1, 0.15) is 120 Å². The van der Waals surface area contributed by atoms with Gasteiger partial charge in [0.15, 0.2) is 12.1 Å². The van der Waals surface area contributed by atoms with Crippen LogP contribution in [0.2, 0.25) is 0 Å². The molecule has 0 aliphatic carbocycles. The average Bonchev–Trinajstić information content (AvgIpc) is 3.19. The van der Waals surface area contributed by atoms with Gasteiger partial charge in [-0.25, -0.2) is 4.99 Å². The second kappa shape index (κ2) is 21.0. The summed E-state index contributed by atoms with van der Waals surface area (Å²) in [6.07, 6.45) is 5.80. The number of ketones is 1. The van der Waals surface area contributed by atoms with Crippen LogP contribution in [0.25, 0.3) is 6.08 Å². The molecule has 3 fully saturated rings. The van der Waals surface area contributed by atoms with Crippen molar-refractivity contribution in [1.82, 2.24) is 4.90 Å². The lowest BCUT2D eigenvalue weighted by atomic mass is 9.68. The Morgan fingerprint density at radius 3 is 2.40 bits per heavy atom. The van der Waals surface area contributed by atoms with E-state index in [0.717, 1.165) is 30.5 Å². The molecule has 2 bridgehead atoms. The van der Waals surface area contributed by atoms with E-state index in [4.69, 9.17) is 18.9 Å². The minimum Gasteiger partial charge on any atom is -0.459 e. The van der Waals surface area contributed by atoms with Crippen molar-refractivity contribution in [3.05, 3.63) is 53.6 Å². The number of allylic oxidation sites excluding steroid dienone is 2. The van der Waals surface area contributed by atoms with Crippen molar-refractivity contribution in [2.75, 3.05) is 20.2 Å². The first-order valence-corrected chi connectivity index (χ1v) is 21.6. The number of esters is 1. The molecule has 0 unspecified atom stereocenters. The molecular weight excluding hydrogens is 737 g/mol. The number of hydrogen-bond acceptors (Lipinski definition) is 10. The molecule has 4 rings (SSSR count). The SMILES string of the molecule is CCCCN(C)[C@H]1C[C@@H](C)O[C@@H](O[C@@H]2[C@@H](C)C(=O)[C@@H](C)C(=O)O[C@H](CC)[C@@](C)(O)[C@@H]3CC/C(=C\C=C\c4ccccc4)CO[C@]2(C)C[C@@H](C)/C(=N\C(C)=O)[C@@H]3C)[C@@H]1O. The zero-order chi connectivity index (χ0) is 42.9. The number of carbonyl (C=O) groups excluding carboxylic acids is 3. The van der Waals surface area contributed by atoms with Gasteiger partial charge in [-0.15, -0.1) is 0 Å². The Morgan fingerprint density at radius 2 is 1.76 bits per heavy atom. The van der Waals surface area contributed by atoms with Crippen LogP contribution in [-0.2, 0) is 33.3 Å². The van der Waals surface area contributed by atoms with Crippen LogP contribution < -0.4 is 0 Å². The molecule has 0 aromatic heterocycles. The molecule has 3 aliphatic rings. The summed E-state index contributed by atoms with van der Waals surface area (Å²) >= 11 is 0. The number of hydrogen-bond donors (Lipinski definition) is 2. The maximum absolute atomic E-state index is 14.6. The standard InChI is InChI=1S/C47H72N2O9/c1-12-14-25-49(11)38-26-30(4)56-45(42(38)52)58-43-32(6)41(51)33(7)44(53)57-39(13-2)47(10,54)37-24-23-36(22-18-21-35-19-16-15-17-20-35)28-55-46(43,9)27-29(3)40(31(37)5)48-34(8)50/h15-22,29-33,37-39,42-43,45,52,54H,12-14,23-28H2,1-11H3/b21-18+,36-22+,48-40+/t29-,30-,31-,32+,33-,37-,38+,39-,42-,43-,45+,46-,47+/m1/s1. The molecule has 0 radical (unpaired) electrons. The number of Topliss-reactive ketones (excluding diaryl/α,β-unsaturated/α-hetero) is 1. The Kier molecular flexibility index (Phi) is 17.2. The van der Waals surface area contributed by atoms with Gasteiger partial charge in [-0.05, 0) is 103 Å². The van der Waals surface area contributed by atoms with Crippen LogP contribution in [0.3, 0.4) is 0 Å². The smallest absolute Gasteiger partial charge is 0.316 e. The largest absolute Gasteiger partial charge is 0.459 e. The second-order valence-electron chi connectivity index (χ2n) is 17.8. The number of aliphatic hydroxyl groups excluding tert-OH is 1. The summed E-state index contributed by atoms with van der Waals surface area (Å²) in [5.74, 6) is -4.97. The molecule has 0 spiro atoms. The van der Waals surface area contributed by atoms with Gasteiger partial charge >= 0.3 is 5.97 Å². The van der Waals surface area contributed by atoms with E-state index >= 15 is 0 Å². The third-order valence-electron chi connectivity index (χ3n) is 13.0. The first-order valence-electron chi connectivity index (χ1n) is 21.6. The third kappa shape index (κ3) is 11.6. The number of nitrogens with zero attached hydrogens (tertiary/aromatic N) is 2. The van der Waals surface area contributed by atoms with E-state index in [1.54, 1.807) is 13.8 Å². The van der Waals surface area contributed by atoms with E-state index in [1.807, 2.05) is 90.2 Å². The molecule has 3 saturated heterocycles. The van der Waals surface area contributed by atoms with Gasteiger partial charge in [0.2, 0.25) is 5.91 Å². The van der Waals surface area contributed by atoms with Gasteiger partial charge in [0.05, 0.1) is 24.4 Å². The topological polar surface area (TPSA) is 144 Å². The Morgan fingerprint density at radius 1 is 1.07 bits per heavy atom. The highest BCUT2D eigenvalue weighted by Gasteiger charge is 2.52. The van der Waals surface area contributed by atoms with E-state index in [0.29, 0.717) is 31.4 Å². The lowest BCUT2D eigenvalue weighted by molar-refractivity contribution is -0.297. The van der Waals surface area contributed by atoms with Crippen LogP contribution in [0.5, 0.6) is 0 Å². The quantitative estimate of drug-likeness (QED) is 0.192. The number of benzene rings is 1. The normalized spacial score (nSPS) is 38.7. The molecule has 2 N–H and O–H groups in total. The summed E-state index contributed by atoms with van der Waals surface area (Å²) in [5, 5.41) is 24.5. The summed E-state index contributed by atoms with van der Waals surface area (Å²) < 4.78 is 26.5. The van der Waals surface area contributed by atoms with Crippen LogP contribution >= 0.6 is 0 Å². The fourth-order valence-electron chi connectivity index (χ4n) is 9.57. The van der Waals surface area contributed by atoms with Crippen molar-refractivity contribution in [3.8, 4) is 0 Å².